The molecule has 0 aromatic carbocycles. The lowest BCUT2D eigenvalue weighted by Gasteiger charge is -2.40. The van der Waals surface area contributed by atoms with Gasteiger partial charge >= 0.3 is 0 Å². The molecule has 0 bridgehead atoms. The Morgan fingerprint density at radius 3 is 2.96 bits per heavy atom. The number of hydrogen-bond acceptors (Lipinski definition) is 6. The van der Waals surface area contributed by atoms with Gasteiger partial charge in [-0.1, -0.05) is 0 Å². The predicted octanol–water partition coefficient (Wildman–Crippen LogP) is 2.91. The minimum absolute atomic E-state index is 0.354. The molecule has 0 aliphatic carbocycles. The fraction of sp³-hybridized carbons (Fsp3) is 0.611. The van der Waals surface area contributed by atoms with E-state index < -0.39 is 0 Å². The zero-order valence-electron chi connectivity index (χ0n) is 14.2. The highest BCUT2D eigenvalue weighted by atomic mass is 32.1. The van der Waals surface area contributed by atoms with Gasteiger partial charge in [0.2, 0.25) is 0 Å². The summed E-state index contributed by atoms with van der Waals surface area (Å²) in [4.78, 5) is 9.76. The molecule has 6 heteroatoms. The molecular weight excluding hydrogens is 322 g/mol. The Hall–Kier alpha value is -1.21. The van der Waals surface area contributed by atoms with Crippen molar-refractivity contribution in [1.29, 1.82) is 0 Å². The Balaban J connectivity index is 1.40. The lowest BCUT2D eigenvalue weighted by Crippen LogP contribution is -2.50. The van der Waals surface area contributed by atoms with Crippen molar-refractivity contribution in [3.8, 4) is 0 Å². The van der Waals surface area contributed by atoms with Crippen LogP contribution in [0.1, 0.15) is 29.1 Å². The van der Waals surface area contributed by atoms with E-state index in [1.807, 2.05) is 6.26 Å². The van der Waals surface area contributed by atoms with Crippen molar-refractivity contribution in [3.63, 3.8) is 0 Å². The highest BCUT2D eigenvalue weighted by Gasteiger charge is 2.34. The summed E-state index contributed by atoms with van der Waals surface area (Å²) in [6.07, 6.45) is 6.23. The second-order valence-electron chi connectivity index (χ2n) is 6.79. The minimum atomic E-state index is 0.354. The van der Waals surface area contributed by atoms with Gasteiger partial charge in [-0.05, 0) is 25.8 Å². The Morgan fingerprint density at radius 2 is 2.17 bits per heavy atom. The van der Waals surface area contributed by atoms with Crippen LogP contribution in [0, 0.1) is 6.92 Å². The fourth-order valence-electron chi connectivity index (χ4n) is 3.90. The molecule has 5 nitrogen and oxygen atoms in total. The molecule has 0 amide bonds. The lowest BCUT2D eigenvalue weighted by molar-refractivity contribution is -0.0750. The summed E-state index contributed by atoms with van der Waals surface area (Å²) in [5.74, 6) is 0. The lowest BCUT2D eigenvalue weighted by atomic mass is 10.0. The van der Waals surface area contributed by atoms with Crippen molar-refractivity contribution in [3.05, 3.63) is 40.2 Å². The van der Waals surface area contributed by atoms with Gasteiger partial charge in [0, 0.05) is 49.7 Å². The topological polar surface area (TPSA) is 41.7 Å². The number of morpholine rings is 1. The second-order valence-corrected chi connectivity index (χ2v) is 7.85. The zero-order valence-corrected chi connectivity index (χ0v) is 15.0. The molecule has 2 fully saturated rings. The Morgan fingerprint density at radius 1 is 1.25 bits per heavy atom. The molecule has 2 atom stereocenters. The van der Waals surface area contributed by atoms with Crippen LogP contribution in [0.2, 0.25) is 0 Å². The third-order valence-corrected chi connectivity index (χ3v) is 5.92. The number of thiazole rings is 1. The van der Waals surface area contributed by atoms with Crippen LogP contribution >= 0.6 is 11.3 Å². The maximum absolute atomic E-state index is 6.11. The molecule has 2 aliphatic rings. The molecular formula is C18H25N3O2S. The van der Waals surface area contributed by atoms with Crippen LogP contribution in [-0.2, 0) is 17.8 Å². The number of aromatic nitrogens is 1. The Bertz CT molecular complexity index is 642. The molecule has 0 N–H and O–H groups in total. The SMILES string of the molecule is Cc1nc(CN2CCO[C@H]3CCN(Cc4ccoc4)CC[C@@H]32)cs1. The van der Waals surface area contributed by atoms with E-state index in [9.17, 15) is 0 Å². The monoisotopic (exact) mass is 347 g/mol. The number of furan rings is 1. The zero-order chi connectivity index (χ0) is 16.4. The third-order valence-electron chi connectivity index (χ3n) is 5.10. The summed E-state index contributed by atoms with van der Waals surface area (Å²) in [5.41, 5.74) is 2.47. The van der Waals surface area contributed by atoms with Gasteiger partial charge in [0.05, 0.1) is 35.9 Å². The average molecular weight is 347 g/mol. The first-order valence-corrected chi connectivity index (χ1v) is 9.66. The summed E-state index contributed by atoms with van der Waals surface area (Å²) in [6, 6.07) is 2.57. The van der Waals surface area contributed by atoms with E-state index in [1.165, 1.54) is 11.3 Å². The average Bonchev–Trinajstić information content (AvgIpc) is 3.18. The van der Waals surface area contributed by atoms with Gasteiger partial charge in [0.15, 0.2) is 0 Å². The number of likely N-dealkylation sites (tertiary alicyclic amines) is 1. The number of rotatable bonds is 4. The van der Waals surface area contributed by atoms with Crippen LogP contribution in [-0.4, -0.2) is 53.2 Å². The number of aryl methyl sites for hydroxylation is 1. The molecule has 0 unspecified atom stereocenters. The normalized spacial score (nSPS) is 26.2. The van der Waals surface area contributed by atoms with E-state index in [4.69, 9.17) is 9.15 Å². The van der Waals surface area contributed by atoms with Crippen molar-refractivity contribution >= 4 is 11.3 Å². The summed E-state index contributed by atoms with van der Waals surface area (Å²) >= 11 is 1.74. The van der Waals surface area contributed by atoms with E-state index in [2.05, 4.69) is 33.2 Å². The van der Waals surface area contributed by atoms with Crippen molar-refractivity contribution in [2.45, 2.75) is 45.0 Å². The Kier molecular flexibility index (Phi) is 4.98. The van der Waals surface area contributed by atoms with Gasteiger partial charge in [-0.25, -0.2) is 4.98 Å². The molecule has 24 heavy (non-hydrogen) atoms. The van der Waals surface area contributed by atoms with Gasteiger partial charge in [-0.15, -0.1) is 11.3 Å². The fourth-order valence-corrected chi connectivity index (χ4v) is 4.50. The van der Waals surface area contributed by atoms with Gasteiger partial charge in [-0.3, -0.25) is 9.80 Å². The first kappa shape index (κ1) is 16.3. The smallest absolute Gasteiger partial charge is 0.0947 e. The largest absolute Gasteiger partial charge is 0.472 e. The van der Waals surface area contributed by atoms with Gasteiger partial charge < -0.3 is 9.15 Å². The van der Waals surface area contributed by atoms with Gasteiger partial charge in [0.25, 0.3) is 0 Å². The molecule has 4 rings (SSSR count). The third kappa shape index (κ3) is 3.72. The predicted molar refractivity (Wildman–Crippen MR) is 94.0 cm³/mol. The van der Waals surface area contributed by atoms with E-state index in [0.717, 1.165) is 57.2 Å². The number of fused-ring (bicyclic) bond motifs is 1. The first-order valence-electron chi connectivity index (χ1n) is 8.78. The highest BCUT2D eigenvalue weighted by Crippen LogP contribution is 2.26. The standard InChI is InChI=1S/C18H25N3O2S/c1-14-19-16(13-24-14)11-21-7-9-23-18-3-6-20(5-2-17(18)21)10-15-4-8-22-12-15/h4,8,12-13,17-18H,2-3,5-7,9-11H2,1H3/t17-,18-/m0/s1. The van der Waals surface area contributed by atoms with E-state index in [1.54, 1.807) is 17.6 Å². The van der Waals surface area contributed by atoms with Crippen LogP contribution in [0.3, 0.4) is 0 Å². The molecule has 4 heterocycles. The summed E-state index contributed by atoms with van der Waals surface area (Å²) in [5, 5.41) is 3.35. The van der Waals surface area contributed by atoms with E-state index in [-0.39, 0.29) is 0 Å². The number of nitrogens with zero attached hydrogens (tertiary/aromatic N) is 3. The molecule has 0 spiro atoms. The molecule has 2 saturated heterocycles. The van der Waals surface area contributed by atoms with Crippen LogP contribution in [0.25, 0.3) is 0 Å². The number of ether oxygens (including phenoxy) is 1. The van der Waals surface area contributed by atoms with Crippen molar-refractivity contribution in [1.82, 2.24) is 14.8 Å². The van der Waals surface area contributed by atoms with Crippen molar-refractivity contribution in [2.75, 3.05) is 26.2 Å². The van der Waals surface area contributed by atoms with Crippen molar-refractivity contribution in [2.24, 2.45) is 0 Å². The van der Waals surface area contributed by atoms with Crippen LogP contribution in [0.4, 0.5) is 0 Å². The highest BCUT2D eigenvalue weighted by molar-refractivity contribution is 7.09. The molecule has 0 radical (unpaired) electrons. The first-order chi connectivity index (χ1) is 11.8. The van der Waals surface area contributed by atoms with E-state index in [0.29, 0.717) is 12.1 Å². The van der Waals surface area contributed by atoms with Crippen molar-refractivity contribution < 1.29 is 9.15 Å². The molecule has 2 aliphatic heterocycles. The van der Waals surface area contributed by atoms with Gasteiger partial charge in [-0.2, -0.15) is 0 Å². The maximum Gasteiger partial charge on any atom is 0.0947 e. The van der Waals surface area contributed by atoms with Crippen LogP contribution in [0.15, 0.2) is 28.4 Å². The van der Waals surface area contributed by atoms with E-state index >= 15 is 0 Å². The number of hydrogen-bond donors (Lipinski definition) is 0. The summed E-state index contributed by atoms with van der Waals surface area (Å²) in [6.45, 7) is 8.07. The summed E-state index contributed by atoms with van der Waals surface area (Å²) < 4.78 is 11.3. The van der Waals surface area contributed by atoms with Crippen LogP contribution in [0.5, 0.6) is 0 Å². The van der Waals surface area contributed by atoms with Gasteiger partial charge in [0.1, 0.15) is 0 Å². The quantitative estimate of drug-likeness (QED) is 0.851. The minimum Gasteiger partial charge on any atom is -0.472 e. The van der Waals surface area contributed by atoms with Crippen LogP contribution < -0.4 is 0 Å². The second kappa shape index (κ2) is 7.35. The molecule has 130 valence electrons. The molecule has 2 aromatic rings. The maximum atomic E-state index is 6.11. The summed E-state index contributed by atoms with van der Waals surface area (Å²) in [7, 11) is 0. The Labute approximate surface area is 147 Å². The molecule has 2 aromatic heterocycles. The molecule has 0 saturated carbocycles.